The summed E-state index contributed by atoms with van der Waals surface area (Å²) in [6.07, 6.45) is 1.33. The minimum absolute atomic E-state index is 0.0631. The second-order valence-electron chi connectivity index (χ2n) is 6.48. The maximum atomic E-state index is 12.4. The quantitative estimate of drug-likeness (QED) is 0.770. The standard InChI is InChI=1S/C19H22N2O6/c1-12-3-5-13(6-4-12)18(23)26-11-15-7-8-16(27-15)21-17(22)14(10-25-2)9-20-19(21)24/h3-6,9,15-16H,7-8,10-11H2,1-2H3,(H,20,24). The number of hydrogen-bond acceptors (Lipinski definition) is 6. The third-order valence-electron chi connectivity index (χ3n) is 4.44. The first-order valence-corrected chi connectivity index (χ1v) is 8.71. The summed E-state index contributed by atoms with van der Waals surface area (Å²) in [5, 5.41) is 0. The number of aromatic amines is 1. The van der Waals surface area contributed by atoms with E-state index in [1.54, 1.807) is 12.1 Å². The number of aromatic nitrogens is 2. The molecule has 0 amide bonds. The fourth-order valence-electron chi connectivity index (χ4n) is 2.99. The van der Waals surface area contributed by atoms with Crippen LogP contribution in [0.5, 0.6) is 0 Å². The molecule has 1 aliphatic heterocycles. The Hall–Kier alpha value is -2.71. The summed E-state index contributed by atoms with van der Waals surface area (Å²) in [6.45, 7) is 2.10. The molecule has 1 aromatic heterocycles. The second kappa shape index (κ2) is 8.32. The smallest absolute Gasteiger partial charge is 0.338 e. The van der Waals surface area contributed by atoms with Gasteiger partial charge in [0.1, 0.15) is 12.8 Å². The van der Waals surface area contributed by atoms with Crippen LogP contribution in [0, 0.1) is 6.92 Å². The van der Waals surface area contributed by atoms with Crippen molar-refractivity contribution in [2.75, 3.05) is 13.7 Å². The lowest BCUT2D eigenvalue weighted by Gasteiger charge is -2.16. The highest BCUT2D eigenvalue weighted by Crippen LogP contribution is 2.26. The fourth-order valence-corrected chi connectivity index (χ4v) is 2.99. The Morgan fingerprint density at radius 1 is 1.26 bits per heavy atom. The van der Waals surface area contributed by atoms with Crippen molar-refractivity contribution in [3.63, 3.8) is 0 Å². The van der Waals surface area contributed by atoms with E-state index in [9.17, 15) is 14.4 Å². The third kappa shape index (κ3) is 4.35. The van der Waals surface area contributed by atoms with Crippen LogP contribution < -0.4 is 11.2 Å². The number of nitrogens with one attached hydrogen (secondary N) is 1. The number of benzene rings is 1. The first kappa shape index (κ1) is 19.1. The van der Waals surface area contributed by atoms with Crippen LogP contribution >= 0.6 is 0 Å². The molecule has 0 spiro atoms. The Balaban J connectivity index is 1.63. The average molecular weight is 374 g/mol. The summed E-state index contributed by atoms with van der Waals surface area (Å²) in [4.78, 5) is 39.1. The van der Waals surface area contributed by atoms with Crippen LogP contribution in [0.15, 0.2) is 40.1 Å². The van der Waals surface area contributed by atoms with Crippen molar-refractivity contribution < 1.29 is 19.0 Å². The van der Waals surface area contributed by atoms with E-state index in [1.165, 1.54) is 13.3 Å². The van der Waals surface area contributed by atoms with Gasteiger partial charge in [-0.05, 0) is 31.9 Å². The number of rotatable bonds is 6. The largest absolute Gasteiger partial charge is 0.459 e. The summed E-state index contributed by atoms with van der Waals surface area (Å²) in [6, 6.07) is 7.08. The Morgan fingerprint density at radius 2 is 2.00 bits per heavy atom. The van der Waals surface area contributed by atoms with E-state index >= 15 is 0 Å². The maximum absolute atomic E-state index is 12.4. The molecular weight excluding hydrogens is 352 g/mol. The molecule has 8 heteroatoms. The lowest BCUT2D eigenvalue weighted by molar-refractivity contribution is -0.0354. The zero-order valence-corrected chi connectivity index (χ0v) is 15.3. The van der Waals surface area contributed by atoms with Gasteiger partial charge >= 0.3 is 11.7 Å². The van der Waals surface area contributed by atoms with Gasteiger partial charge in [0.15, 0.2) is 0 Å². The van der Waals surface area contributed by atoms with Gasteiger partial charge in [0.05, 0.1) is 23.8 Å². The Kier molecular flexibility index (Phi) is 5.88. The summed E-state index contributed by atoms with van der Waals surface area (Å²) in [7, 11) is 1.47. The van der Waals surface area contributed by atoms with E-state index in [4.69, 9.17) is 14.2 Å². The Morgan fingerprint density at radius 3 is 2.70 bits per heavy atom. The van der Waals surface area contributed by atoms with Crippen LogP contribution in [0.25, 0.3) is 0 Å². The lowest BCUT2D eigenvalue weighted by Crippen LogP contribution is -2.40. The molecule has 2 atom stereocenters. The molecule has 27 heavy (non-hydrogen) atoms. The summed E-state index contributed by atoms with van der Waals surface area (Å²) >= 11 is 0. The van der Waals surface area contributed by atoms with Crippen LogP contribution in [-0.4, -0.2) is 35.3 Å². The third-order valence-corrected chi connectivity index (χ3v) is 4.44. The molecule has 8 nitrogen and oxygen atoms in total. The number of esters is 1. The van der Waals surface area contributed by atoms with Gasteiger partial charge in [-0.2, -0.15) is 0 Å². The van der Waals surface area contributed by atoms with Gasteiger partial charge in [0, 0.05) is 13.3 Å². The van der Waals surface area contributed by atoms with Crippen molar-refractivity contribution >= 4 is 5.97 Å². The molecule has 0 radical (unpaired) electrons. The van der Waals surface area contributed by atoms with Crippen molar-refractivity contribution in [1.82, 2.24) is 9.55 Å². The van der Waals surface area contributed by atoms with Crippen LogP contribution in [0.2, 0.25) is 0 Å². The van der Waals surface area contributed by atoms with E-state index < -0.39 is 23.4 Å². The van der Waals surface area contributed by atoms with Gasteiger partial charge in [-0.25, -0.2) is 14.2 Å². The van der Waals surface area contributed by atoms with Crippen molar-refractivity contribution in [1.29, 1.82) is 0 Å². The lowest BCUT2D eigenvalue weighted by atomic mass is 10.1. The highest BCUT2D eigenvalue weighted by molar-refractivity contribution is 5.89. The van der Waals surface area contributed by atoms with Gasteiger partial charge < -0.3 is 19.2 Å². The van der Waals surface area contributed by atoms with Crippen molar-refractivity contribution in [2.45, 2.75) is 38.7 Å². The van der Waals surface area contributed by atoms with E-state index in [0.29, 0.717) is 24.0 Å². The number of hydrogen-bond donors (Lipinski definition) is 1. The molecule has 0 saturated carbocycles. The van der Waals surface area contributed by atoms with Crippen LogP contribution in [0.3, 0.4) is 0 Å². The zero-order chi connectivity index (χ0) is 19.4. The number of H-pyrrole nitrogens is 1. The maximum Gasteiger partial charge on any atom is 0.338 e. The summed E-state index contributed by atoms with van der Waals surface area (Å²) in [5.74, 6) is -0.431. The SMILES string of the molecule is COCc1c[nH]c(=O)n(C2CCC(COC(=O)c3ccc(C)cc3)O2)c1=O. The number of carbonyl (C=O) groups is 1. The molecule has 144 valence electrons. The van der Waals surface area contributed by atoms with Crippen molar-refractivity contribution in [2.24, 2.45) is 0 Å². The molecule has 0 bridgehead atoms. The number of nitrogens with zero attached hydrogens (tertiary/aromatic N) is 1. The van der Waals surface area contributed by atoms with Crippen molar-refractivity contribution in [3.05, 3.63) is 68.0 Å². The molecule has 2 heterocycles. The summed E-state index contributed by atoms with van der Waals surface area (Å²) in [5.41, 5.74) is 0.884. The zero-order valence-electron chi connectivity index (χ0n) is 15.3. The molecule has 1 aliphatic rings. The fraction of sp³-hybridized carbons (Fsp3) is 0.421. The molecule has 1 aromatic carbocycles. The van der Waals surface area contributed by atoms with E-state index in [0.717, 1.165) is 10.1 Å². The van der Waals surface area contributed by atoms with Gasteiger partial charge in [-0.3, -0.25) is 4.79 Å². The number of aryl methyl sites for hydroxylation is 1. The topological polar surface area (TPSA) is 99.6 Å². The Bertz CT molecular complexity index is 915. The number of methoxy groups -OCH3 is 1. The van der Waals surface area contributed by atoms with Crippen molar-refractivity contribution in [3.8, 4) is 0 Å². The van der Waals surface area contributed by atoms with Gasteiger partial charge in [0.25, 0.3) is 5.56 Å². The number of ether oxygens (including phenoxy) is 3. The van der Waals surface area contributed by atoms with Crippen LogP contribution in [0.1, 0.15) is 40.6 Å². The second-order valence-corrected chi connectivity index (χ2v) is 6.48. The summed E-state index contributed by atoms with van der Waals surface area (Å²) < 4.78 is 17.1. The average Bonchev–Trinajstić information content (AvgIpc) is 3.11. The van der Waals surface area contributed by atoms with Crippen LogP contribution in [-0.2, 0) is 20.8 Å². The monoisotopic (exact) mass is 374 g/mol. The first-order valence-electron chi connectivity index (χ1n) is 8.71. The molecule has 2 unspecified atom stereocenters. The molecule has 0 aliphatic carbocycles. The van der Waals surface area contributed by atoms with Gasteiger partial charge in [-0.15, -0.1) is 0 Å². The van der Waals surface area contributed by atoms with E-state index in [1.807, 2.05) is 19.1 Å². The highest BCUT2D eigenvalue weighted by Gasteiger charge is 2.30. The van der Waals surface area contributed by atoms with Crippen LogP contribution in [0.4, 0.5) is 0 Å². The normalized spacial score (nSPS) is 19.2. The van der Waals surface area contributed by atoms with E-state index in [-0.39, 0.29) is 19.3 Å². The minimum Gasteiger partial charge on any atom is -0.459 e. The molecule has 3 rings (SSSR count). The van der Waals surface area contributed by atoms with Gasteiger partial charge in [-0.1, -0.05) is 17.7 Å². The molecule has 2 aromatic rings. The molecular formula is C19H22N2O6. The predicted octanol–water partition coefficient (Wildman–Crippen LogP) is 1.53. The molecule has 1 N–H and O–H groups in total. The number of carbonyl (C=O) groups excluding carboxylic acids is 1. The molecule has 1 fully saturated rings. The van der Waals surface area contributed by atoms with Gasteiger partial charge in [0.2, 0.25) is 0 Å². The predicted molar refractivity (Wildman–Crippen MR) is 96.6 cm³/mol. The highest BCUT2D eigenvalue weighted by atomic mass is 16.6. The minimum atomic E-state index is -0.693. The van der Waals surface area contributed by atoms with E-state index in [2.05, 4.69) is 4.98 Å². The molecule has 1 saturated heterocycles. The first-order chi connectivity index (χ1) is 13.0. The Labute approximate surface area is 155 Å².